The van der Waals surface area contributed by atoms with Crippen LogP contribution in [-0.4, -0.2) is 53.9 Å². The zero-order valence-corrected chi connectivity index (χ0v) is 19.8. The van der Waals surface area contributed by atoms with Crippen LogP contribution in [0.4, 0.5) is 0 Å². The zero-order chi connectivity index (χ0) is 24.7. The lowest BCUT2D eigenvalue weighted by molar-refractivity contribution is 0.0322. The number of hydrogen-bond acceptors (Lipinski definition) is 6. The van der Waals surface area contributed by atoms with Gasteiger partial charge in [-0.3, -0.25) is 19.2 Å². The first kappa shape index (κ1) is 23.5. The standard InChI is InChI=1S/C29H26N4O3/c30-20-22-6-1-2-9-26(22)27-18-23(28-10-3-4-11-31-28)21-33(29(27)34)24-7-5-8-25(19-24)36-17-14-32-12-15-35-16-13-32/h1-11,18-19,21H,12-17H2. The Morgan fingerprint density at radius 1 is 0.972 bits per heavy atom. The van der Waals surface area contributed by atoms with Gasteiger partial charge in [-0.2, -0.15) is 5.26 Å². The Hall–Kier alpha value is -4.25. The summed E-state index contributed by atoms with van der Waals surface area (Å²) in [5.41, 5.74) is 3.44. The number of pyridine rings is 2. The van der Waals surface area contributed by atoms with E-state index in [1.807, 2.05) is 48.5 Å². The second kappa shape index (κ2) is 11.0. The Kier molecular flexibility index (Phi) is 7.17. The third kappa shape index (κ3) is 5.20. The molecular weight excluding hydrogens is 452 g/mol. The Balaban J connectivity index is 1.52. The molecule has 5 rings (SSSR count). The predicted molar refractivity (Wildman–Crippen MR) is 138 cm³/mol. The lowest BCUT2D eigenvalue weighted by Gasteiger charge is -2.26. The molecule has 0 aliphatic carbocycles. The van der Waals surface area contributed by atoms with Crippen molar-refractivity contribution < 1.29 is 9.47 Å². The lowest BCUT2D eigenvalue weighted by atomic mass is 9.99. The molecule has 4 aromatic rings. The number of benzene rings is 2. The molecule has 0 saturated carbocycles. The van der Waals surface area contributed by atoms with E-state index in [0.717, 1.165) is 44.1 Å². The van der Waals surface area contributed by atoms with E-state index >= 15 is 0 Å². The normalized spacial score (nSPS) is 13.8. The second-order valence-electron chi connectivity index (χ2n) is 8.49. The molecule has 36 heavy (non-hydrogen) atoms. The second-order valence-corrected chi connectivity index (χ2v) is 8.49. The van der Waals surface area contributed by atoms with Gasteiger partial charge in [0, 0.05) is 54.8 Å². The van der Waals surface area contributed by atoms with Crippen molar-refractivity contribution in [1.29, 1.82) is 5.26 Å². The highest BCUT2D eigenvalue weighted by atomic mass is 16.5. The summed E-state index contributed by atoms with van der Waals surface area (Å²) in [5, 5.41) is 9.66. The van der Waals surface area contributed by atoms with E-state index in [1.165, 1.54) is 0 Å². The first-order chi connectivity index (χ1) is 17.7. The smallest absolute Gasteiger partial charge is 0.263 e. The van der Waals surface area contributed by atoms with Crippen molar-refractivity contribution in [1.82, 2.24) is 14.5 Å². The van der Waals surface area contributed by atoms with Gasteiger partial charge < -0.3 is 9.47 Å². The molecule has 3 heterocycles. The Bertz CT molecular complexity index is 1440. The molecule has 7 heteroatoms. The third-order valence-corrected chi connectivity index (χ3v) is 6.19. The van der Waals surface area contributed by atoms with Gasteiger partial charge in [0.05, 0.1) is 36.2 Å². The molecular formula is C29H26N4O3. The van der Waals surface area contributed by atoms with Crippen LogP contribution in [0.5, 0.6) is 5.75 Å². The summed E-state index contributed by atoms with van der Waals surface area (Å²) in [5.74, 6) is 0.690. The first-order valence-corrected chi connectivity index (χ1v) is 11.9. The van der Waals surface area contributed by atoms with Gasteiger partial charge in [0.2, 0.25) is 0 Å². The van der Waals surface area contributed by atoms with Gasteiger partial charge in [-0.25, -0.2) is 0 Å². The summed E-state index contributed by atoms with van der Waals surface area (Å²) in [4.78, 5) is 20.5. The molecule has 2 aromatic heterocycles. The number of aromatic nitrogens is 2. The summed E-state index contributed by atoms with van der Waals surface area (Å²) in [6.07, 6.45) is 3.51. The van der Waals surface area contributed by atoms with Crippen LogP contribution in [0, 0.1) is 11.3 Å². The van der Waals surface area contributed by atoms with Gasteiger partial charge in [0.25, 0.3) is 5.56 Å². The highest BCUT2D eigenvalue weighted by Crippen LogP contribution is 2.26. The van der Waals surface area contributed by atoms with Gasteiger partial charge in [-0.1, -0.05) is 30.3 Å². The molecule has 2 aromatic carbocycles. The van der Waals surface area contributed by atoms with Crippen molar-refractivity contribution in [3.05, 3.63) is 101 Å². The topological polar surface area (TPSA) is 80.4 Å². The maximum Gasteiger partial charge on any atom is 0.263 e. The van der Waals surface area contributed by atoms with Gasteiger partial charge in [-0.05, 0) is 36.4 Å². The maximum absolute atomic E-state index is 13.7. The predicted octanol–water partition coefficient (Wildman–Crippen LogP) is 4.15. The van der Waals surface area contributed by atoms with E-state index in [4.69, 9.17) is 9.47 Å². The summed E-state index contributed by atoms with van der Waals surface area (Å²) in [7, 11) is 0. The summed E-state index contributed by atoms with van der Waals surface area (Å²) in [6.45, 7) is 4.69. The number of ether oxygens (including phenoxy) is 2. The van der Waals surface area contributed by atoms with Crippen molar-refractivity contribution in [2.24, 2.45) is 0 Å². The van der Waals surface area contributed by atoms with E-state index in [0.29, 0.717) is 34.7 Å². The van der Waals surface area contributed by atoms with E-state index in [9.17, 15) is 10.1 Å². The molecule has 0 spiro atoms. The van der Waals surface area contributed by atoms with Crippen molar-refractivity contribution >= 4 is 0 Å². The Morgan fingerprint density at radius 2 is 1.81 bits per heavy atom. The molecule has 1 aliphatic heterocycles. The van der Waals surface area contributed by atoms with Crippen LogP contribution in [0.15, 0.2) is 90.0 Å². The lowest BCUT2D eigenvalue weighted by Crippen LogP contribution is -2.38. The molecule has 0 N–H and O–H groups in total. The maximum atomic E-state index is 13.7. The molecule has 0 atom stereocenters. The van der Waals surface area contributed by atoms with Crippen LogP contribution in [0.25, 0.3) is 28.1 Å². The molecule has 1 aliphatic rings. The minimum atomic E-state index is -0.220. The summed E-state index contributed by atoms with van der Waals surface area (Å²) < 4.78 is 13.0. The van der Waals surface area contributed by atoms with Crippen LogP contribution >= 0.6 is 0 Å². The fourth-order valence-electron chi connectivity index (χ4n) is 4.30. The first-order valence-electron chi connectivity index (χ1n) is 11.9. The summed E-state index contributed by atoms with van der Waals surface area (Å²) in [6, 6.07) is 24.3. The largest absolute Gasteiger partial charge is 0.492 e. The minimum Gasteiger partial charge on any atom is -0.492 e. The van der Waals surface area contributed by atoms with Gasteiger partial charge in [-0.15, -0.1) is 0 Å². The minimum absolute atomic E-state index is 0.220. The van der Waals surface area contributed by atoms with Crippen molar-refractivity contribution in [2.45, 2.75) is 0 Å². The van der Waals surface area contributed by atoms with Gasteiger partial charge in [0.1, 0.15) is 12.4 Å². The van der Waals surface area contributed by atoms with E-state index in [1.54, 1.807) is 41.2 Å². The fourth-order valence-corrected chi connectivity index (χ4v) is 4.30. The average Bonchev–Trinajstić information content (AvgIpc) is 2.94. The van der Waals surface area contributed by atoms with Crippen molar-refractivity contribution in [3.63, 3.8) is 0 Å². The number of rotatable bonds is 7. The highest BCUT2D eigenvalue weighted by Gasteiger charge is 2.15. The number of hydrogen-bond donors (Lipinski definition) is 0. The molecule has 0 radical (unpaired) electrons. The van der Waals surface area contributed by atoms with E-state index < -0.39 is 0 Å². The van der Waals surface area contributed by atoms with Crippen molar-refractivity contribution in [3.8, 4) is 39.9 Å². The Labute approximate surface area is 209 Å². The quantitative estimate of drug-likeness (QED) is 0.397. The third-order valence-electron chi connectivity index (χ3n) is 6.19. The molecule has 7 nitrogen and oxygen atoms in total. The number of nitrogens with zero attached hydrogens (tertiary/aromatic N) is 4. The molecule has 0 amide bonds. The number of nitriles is 1. The molecule has 1 fully saturated rings. The fraction of sp³-hybridized carbons (Fsp3) is 0.207. The van der Waals surface area contributed by atoms with Crippen LogP contribution in [-0.2, 0) is 4.74 Å². The number of morpholine rings is 1. The van der Waals surface area contributed by atoms with E-state index in [2.05, 4.69) is 16.0 Å². The zero-order valence-electron chi connectivity index (χ0n) is 19.8. The van der Waals surface area contributed by atoms with Crippen LogP contribution in [0.1, 0.15) is 5.56 Å². The van der Waals surface area contributed by atoms with E-state index in [-0.39, 0.29) is 5.56 Å². The van der Waals surface area contributed by atoms with Crippen LogP contribution < -0.4 is 10.3 Å². The summed E-state index contributed by atoms with van der Waals surface area (Å²) >= 11 is 0. The van der Waals surface area contributed by atoms with Gasteiger partial charge >= 0.3 is 0 Å². The molecule has 180 valence electrons. The van der Waals surface area contributed by atoms with Crippen molar-refractivity contribution in [2.75, 3.05) is 39.5 Å². The Morgan fingerprint density at radius 3 is 2.61 bits per heavy atom. The van der Waals surface area contributed by atoms with Crippen LogP contribution in [0.3, 0.4) is 0 Å². The molecule has 0 bridgehead atoms. The monoisotopic (exact) mass is 478 g/mol. The molecule has 0 unspecified atom stereocenters. The highest BCUT2D eigenvalue weighted by molar-refractivity contribution is 5.74. The molecule has 1 saturated heterocycles. The SMILES string of the molecule is N#Cc1ccccc1-c1cc(-c2ccccn2)cn(-c2cccc(OCCN3CCOCC3)c2)c1=O. The van der Waals surface area contributed by atoms with Crippen LogP contribution in [0.2, 0.25) is 0 Å². The van der Waals surface area contributed by atoms with Gasteiger partial charge in [0.15, 0.2) is 0 Å². The average molecular weight is 479 g/mol.